The first kappa shape index (κ1) is 15.4. The molecule has 0 saturated carbocycles. The molecule has 0 bridgehead atoms. The summed E-state index contributed by atoms with van der Waals surface area (Å²) in [6.07, 6.45) is 6.07. The van der Waals surface area contributed by atoms with Gasteiger partial charge in [0, 0.05) is 32.2 Å². The van der Waals surface area contributed by atoms with Gasteiger partial charge in [-0.1, -0.05) is 13.3 Å². The summed E-state index contributed by atoms with van der Waals surface area (Å²) < 4.78 is 5.41. The van der Waals surface area contributed by atoms with E-state index in [0.29, 0.717) is 24.4 Å². The van der Waals surface area contributed by atoms with E-state index in [1.807, 2.05) is 0 Å². The summed E-state index contributed by atoms with van der Waals surface area (Å²) in [4.78, 5) is 15.8. The number of nitrogens with one attached hydrogen (secondary N) is 2. The fraction of sp³-hybridized carbons (Fsp3) is 0.538. The number of nitrogens with two attached hydrogens (primary N) is 1. The predicted molar refractivity (Wildman–Crippen MR) is 74.7 cm³/mol. The fourth-order valence-corrected chi connectivity index (χ4v) is 1.52. The summed E-state index contributed by atoms with van der Waals surface area (Å²) in [5.41, 5.74) is 3.48. The van der Waals surface area contributed by atoms with Crippen molar-refractivity contribution in [3.8, 4) is 0 Å². The third kappa shape index (κ3) is 5.67. The van der Waals surface area contributed by atoms with Gasteiger partial charge in [-0.25, -0.2) is 0 Å². The van der Waals surface area contributed by atoms with Crippen LogP contribution in [0.5, 0.6) is 0 Å². The molecule has 0 aliphatic rings. The summed E-state index contributed by atoms with van der Waals surface area (Å²) in [5.74, 6) is 5.15. The number of carbonyl (C=O) groups excluding carboxylic acids is 1. The monoisotopic (exact) mass is 266 g/mol. The molecular formula is C13H22N4O2. The number of aromatic nitrogens is 1. The first-order chi connectivity index (χ1) is 9.29. The van der Waals surface area contributed by atoms with Crippen molar-refractivity contribution in [1.29, 1.82) is 0 Å². The van der Waals surface area contributed by atoms with Crippen molar-refractivity contribution in [2.45, 2.75) is 26.2 Å². The van der Waals surface area contributed by atoms with Crippen molar-refractivity contribution < 1.29 is 9.53 Å². The van der Waals surface area contributed by atoms with Crippen LogP contribution in [-0.2, 0) is 4.74 Å². The highest BCUT2D eigenvalue weighted by Crippen LogP contribution is 2.11. The lowest BCUT2D eigenvalue weighted by atomic mass is 10.2. The maximum Gasteiger partial charge on any atom is 0.255 e. The number of ether oxygens (including phenoxy) is 1. The highest BCUT2D eigenvalue weighted by Gasteiger charge is 2.09. The van der Waals surface area contributed by atoms with E-state index in [1.54, 1.807) is 12.3 Å². The molecule has 0 aliphatic carbocycles. The number of hydrogen-bond donors (Lipinski definition) is 3. The average molecular weight is 266 g/mol. The van der Waals surface area contributed by atoms with Crippen molar-refractivity contribution >= 4 is 11.6 Å². The number of nitrogens with zero attached hydrogens (tertiary/aromatic N) is 1. The average Bonchev–Trinajstić information content (AvgIpc) is 2.46. The minimum absolute atomic E-state index is 0.186. The molecule has 1 amide bonds. The van der Waals surface area contributed by atoms with Gasteiger partial charge in [0.05, 0.1) is 11.3 Å². The molecule has 1 aromatic heterocycles. The zero-order valence-corrected chi connectivity index (χ0v) is 11.3. The number of rotatable bonds is 9. The Kier molecular flexibility index (Phi) is 7.53. The normalized spacial score (nSPS) is 10.2. The van der Waals surface area contributed by atoms with Crippen LogP contribution in [-0.4, -0.2) is 30.6 Å². The molecule has 1 rings (SSSR count). The van der Waals surface area contributed by atoms with Crippen molar-refractivity contribution in [3.05, 3.63) is 24.0 Å². The number of unbranched alkanes of at least 4 members (excludes halogenated alkanes) is 1. The van der Waals surface area contributed by atoms with Crippen molar-refractivity contribution in [3.63, 3.8) is 0 Å². The van der Waals surface area contributed by atoms with Crippen LogP contribution in [0.4, 0.5) is 5.69 Å². The molecular weight excluding hydrogens is 244 g/mol. The molecule has 19 heavy (non-hydrogen) atoms. The largest absolute Gasteiger partial charge is 0.381 e. The SMILES string of the molecule is CCCCOCCCNC(=O)c1cnccc1NN. The molecule has 0 aromatic carbocycles. The van der Waals surface area contributed by atoms with Crippen molar-refractivity contribution in [2.24, 2.45) is 5.84 Å². The smallest absolute Gasteiger partial charge is 0.255 e. The van der Waals surface area contributed by atoms with E-state index in [1.165, 1.54) is 6.20 Å². The summed E-state index contributed by atoms with van der Waals surface area (Å²) in [6, 6.07) is 1.66. The second kappa shape index (κ2) is 9.29. The Morgan fingerprint density at radius 2 is 2.21 bits per heavy atom. The zero-order chi connectivity index (χ0) is 13.9. The second-order valence-electron chi connectivity index (χ2n) is 4.14. The van der Waals surface area contributed by atoms with Crippen LogP contribution in [0.2, 0.25) is 0 Å². The van der Waals surface area contributed by atoms with Gasteiger partial charge in [-0.3, -0.25) is 15.6 Å². The number of hydrogen-bond acceptors (Lipinski definition) is 5. The highest BCUT2D eigenvalue weighted by atomic mass is 16.5. The Morgan fingerprint density at radius 1 is 1.42 bits per heavy atom. The van der Waals surface area contributed by atoms with E-state index in [4.69, 9.17) is 10.6 Å². The molecule has 1 heterocycles. The number of pyridine rings is 1. The number of amides is 1. The van der Waals surface area contributed by atoms with Crippen molar-refractivity contribution in [2.75, 3.05) is 25.2 Å². The van der Waals surface area contributed by atoms with Gasteiger partial charge in [-0.15, -0.1) is 0 Å². The van der Waals surface area contributed by atoms with Gasteiger partial charge >= 0.3 is 0 Å². The van der Waals surface area contributed by atoms with E-state index in [-0.39, 0.29) is 5.91 Å². The van der Waals surface area contributed by atoms with Crippen LogP contribution in [0, 0.1) is 0 Å². The van der Waals surface area contributed by atoms with E-state index >= 15 is 0 Å². The number of anilines is 1. The molecule has 0 radical (unpaired) electrons. The quantitative estimate of drug-likeness (QED) is 0.356. The summed E-state index contributed by atoms with van der Waals surface area (Å²) in [6.45, 7) is 4.15. The van der Waals surface area contributed by atoms with Crippen LogP contribution < -0.4 is 16.6 Å². The van der Waals surface area contributed by atoms with Gasteiger partial charge in [0.2, 0.25) is 0 Å². The Hall–Kier alpha value is -1.66. The highest BCUT2D eigenvalue weighted by molar-refractivity contribution is 5.99. The molecule has 0 spiro atoms. The summed E-state index contributed by atoms with van der Waals surface area (Å²) in [7, 11) is 0. The molecule has 0 unspecified atom stereocenters. The molecule has 1 aromatic rings. The molecule has 6 heteroatoms. The lowest BCUT2D eigenvalue weighted by Crippen LogP contribution is -2.27. The van der Waals surface area contributed by atoms with Gasteiger partial charge in [-0.05, 0) is 18.9 Å². The fourth-order valence-electron chi connectivity index (χ4n) is 1.52. The van der Waals surface area contributed by atoms with Crippen LogP contribution >= 0.6 is 0 Å². The van der Waals surface area contributed by atoms with E-state index < -0.39 is 0 Å². The Labute approximate surface area is 113 Å². The second-order valence-corrected chi connectivity index (χ2v) is 4.14. The Balaban J connectivity index is 2.24. The van der Waals surface area contributed by atoms with E-state index in [2.05, 4.69) is 22.7 Å². The van der Waals surface area contributed by atoms with Crippen molar-refractivity contribution in [1.82, 2.24) is 10.3 Å². The predicted octanol–water partition coefficient (Wildman–Crippen LogP) is 1.30. The van der Waals surface area contributed by atoms with Crippen LogP contribution in [0.25, 0.3) is 0 Å². The maximum absolute atomic E-state index is 11.9. The van der Waals surface area contributed by atoms with Gasteiger partial charge in [0.15, 0.2) is 0 Å². The molecule has 0 atom stereocenters. The lowest BCUT2D eigenvalue weighted by Gasteiger charge is -2.09. The summed E-state index contributed by atoms with van der Waals surface area (Å²) >= 11 is 0. The van der Waals surface area contributed by atoms with Gasteiger partial charge < -0.3 is 15.5 Å². The standard InChI is InChI=1S/C13H22N4O2/c1-2-3-8-19-9-4-6-16-13(18)11-10-15-7-5-12(11)17-14/h5,7,10H,2-4,6,8-9,14H2,1H3,(H,15,17)(H,16,18). The van der Waals surface area contributed by atoms with E-state index in [9.17, 15) is 4.79 Å². The third-order valence-electron chi connectivity index (χ3n) is 2.61. The number of carbonyl (C=O) groups is 1. The molecule has 6 nitrogen and oxygen atoms in total. The molecule has 106 valence electrons. The minimum atomic E-state index is -0.186. The third-order valence-corrected chi connectivity index (χ3v) is 2.61. The zero-order valence-electron chi connectivity index (χ0n) is 11.3. The van der Waals surface area contributed by atoms with Gasteiger partial charge in [0.1, 0.15) is 0 Å². The first-order valence-corrected chi connectivity index (χ1v) is 6.56. The van der Waals surface area contributed by atoms with Crippen LogP contribution in [0.15, 0.2) is 18.5 Å². The van der Waals surface area contributed by atoms with E-state index in [0.717, 1.165) is 25.9 Å². The first-order valence-electron chi connectivity index (χ1n) is 6.56. The Morgan fingerprint density at radius 3 is 2.95 bits per heavy atom. The number of hydrazine groups is 1. The molecule has 4 N–H and O–H groups in total. The molecule has 0 aliphatic heterocycles. The Bertz CT molecular complexity index is 385. The lowest BCUT2D eigenvalue weighted by molar-refractivity contribution is 0.0941. The van der Waals surface area contributed by atoms with Gasteiger partial charge in [-0.2, -0.15) is 0 Å². The summed E-state index contributed by atoms with van der Waals surface area (Å²) in [5, 5.41) is 2.81. The maximum atomic E-state index is 11.9. The van der Waals surface area contributed by atoms with Crippen LogP contribution in [0.1, 0.15) is 36.5 Å². The van der Waals surface area contributed by atoms with Crippen LogP contribution in [0.3, 0.4) is 0 Å². The topological polar surface area (TPSA) is 89.3 Å². The molecule has 0 saturated heterocycles. The van der Waals surface area contributed by atoms with Gasteiger partial charge in [0.25, 0.3) is 5.91 Å². The molecule has 0 fully saturated rings. The minimum Gasteiger partial charge on any atom is -0.381 e. The number of nitrogen functional groups attached to an aromatic ring is 1.